The summed E-state index contributed by atoms with van der Waals surface area (Å²) in [6.07, 6.45) is -0.634. The molecule has 0 aliphatic rings. The van der Waals surface area contributed by atoms with Gasteiger partial charge in [-0.05, 0) is 37.6 Å². The van der Waals surface area contributed by atoms with Crippen LogP contribution in [-0.2, 0) is 4.74 Å². The van der Waals surface area contributed by atoms with Crippen molar-refractivity contribution in [3.63, 3.8) is 0 Å². The van der Waals surface area contributed by atoms with Gasteiger partial charge in [0.15, 0.2) is 0 Å². The fourth-order valence-electron chi connectivity index (χ4n) is 1.55. The molecule has 102 valence electrons. The number of rotatable bonds is 7. The highest BCUT2D eigenvalue weighted by molar-refractivity contribution is 6.34. The standard InChI is InChI=1S/C13H19Cl2NO2/c1-3-18-8-9(2)16-7-13(17)10-4-11(14)6-12(15)5-10/h4-6,9,13,16-17H,3,7-8H2,1-2H3/t9-,13+/m0/s1. The Hall–Kier alpha value is -0.320. The molecule has 1 aromatic carbocycles. The number of aliphatic hydroxyl groups excluding tert-OH is 1. The number of benzene rings is 1. The van der Waals surface area contributed by atoms with Gasteiger partial charge in [-0.25, -0.2) is 0 Å². The minimum Gasteiger partial charge on any atom is -0.387 e. The Bertz CT molecular complexity index is 354. The average Bonchev–Trinajstić information content (AvgIpc) is 2.32. The molecule has 2 atom stereocenters. The lowest BCUT2D eigenvalue weighted by Gasteiger charge is -2.17. The molecule has 0 aliphatic heterocycles. The first kappa shape index (κ1) is 15.7. The third kappa shape index (κ3) is 5.55. The minimum atomic E-state index is -0.634. The largest absolute Gasteiger partial charge is 0.387 e. The molecule has 0 aromatic heterocycles. The Morgan fingerprint density at radius 2 is 1.89 bits per heavy atom. The minimum absolute atomic E-state index is 0.189. The van der Waals surface area contributed by atoms with Crippen LogP contribution in [0, 0.1) is 0 Å². The van der Waals surface area contributed by atoms with Crippen LogP contribution < -0.4 is 5.32 Å². The van der Waals surface area contributed by atoms with Crippen LogP contribution in [0.2, 0.25) is 10.0 Å². The van der Waals surface area contributed by atoms with Gasteiger partial charge in [-0.3, -0.25) is 0 Å². The second-order valence-electron chi connectivity index (χ2n) is 4.19. The number of nitrogens with one attached hydrogen (secondary N) is 1. The van der Waals surface area contributed by atoms with E-state index in [1.807, 2.05) is 13.8 Å². The van der Waals surface area contributed by atoms with Gasteiger partial charge in [-0.15, -0.1) is 0 Å². The highest BCUT2D eigenvalue weighted by Crippen LogP contribution is 2.23. The van der Waals surface area contributed by atoms with Crippen molar-refractivity contribution in [2.24, 2.45) is 0 Å². The lowest BCUT2D eigenvalue weighted by molar-refractivity contribution is 0.116. The molecule has 1 rings (SSSR count). The fourth-order valence-corrected chi connectivity index (χ4v) is 2.09. The van der Waals surface area contributed by atoms with E-state index in [4.69, 9.17) is 27.9 Å². The molecule has 0 aliphatic carbocycles. The van der Waals surface area contributed by atoms with Crippen LogP contribution in [0.15, 0.2) is 18.2 Å². The fraction of sp³-hybridized carbons (Fsp3) is 0.538. The lowest BCUT2D eigenvalue weighted by Crippen LogP contribution is -2.33. The molecule has 0 unspecified atom stereocenters. The van der Waals surface area contributed by atoms with E-state index in [9.17, 15) is 5.11 Å². The van der Waals surface area contributed by atoms with E-state index in [0.29, 0.717) is 35.4 Å². The van der Waals surface area contributed by atoms with Gasteiger partial charge in [0.1, 0.15) is 0 Å². The molecule has 0 fully saturated rings. The maximum atomic E-state index is 10.0. The van der Waals surface area contributed by atoms with Crippen molar-refractivity contribution in [2.45, 2.75) is 26.0 Å². The molecule has 1 aromatic rings. The summed E-state index contributed by atoms with van der Waals surface area (Å²) < 4.78 is 5.29. The van der Waals surface area contributed by atoms with Crippen molar-refractivity contribution >= 4 is 23.2 Å². The monoisotopic (exact) mass is 291 g/mol. The summed E-state index contributed by atoms with van der Waals surface area (Å²) in [7, 11) is 0. The van der Waals surface area contributed by atoms with Crippen LogP contribution >= 0.6 is 23.2 Å². The van der Waals surface area contributed by atoms with Crippen LogP contribution in [0.25, 0.3) is 0 Å². The molecule has 0 amide bonds. The summed E-state index contributed by atoms with van der Waals surface area (Å²) >= 11 is 11.8. The second-order valence-corrected chi connectivity index (χ2v) is 5.06. The first-order valence-electron chi connectivity index (χ1n) is 5.98. The number of aliphatic hydroxyl groups is 1. The molecular formula is C13H19Cl2NO2. The molecule has 18 heavy (non-hydrogen) atoms. The van der Waals surface area contributed by atoms with Crippen LogP contribution in [0.5, 0.6) is 0 Å². The van der Waals surface area contributed by atoms with Crippen molar-refractivity contribution in [1.82, 2.24) is 5.32 Å². The Morgan fingerprint density at radius 1 is 1.28 bits per heavy atom. The third-order valence-corrected chi connectivity index (χ3v) is 2.94. The Kier molecular flexibility index (Phi) is 6.97. The van der Waals surface area contributed by atoms with Crippen LogP contribution in [0.4, 0.5) is 0 Å². The van der Waals surface area contributed by atoms with Crippen LogP contribution in [0.1, 0.15) is 25.5 Å². The van der Waals surface area contributed by atoms with Gasteiger partial charge in [0.25, 0.3) is 0 Å². The second kappa shape index (κ2) is 7.97. The maximum absolute atomic E-state index is 10.0. The van der Waals surface area contributed by atoms with Crippen molar-refractivity contribution in [3.05, 3.63) is 33.8 Å². The first-order chi connectivity index (χ1) is 8.52. The maximum Gasteiger partial charge on any atom is 0.0915 e. The lowest BCUT2D eigenvalue weighted by atomic mass is 10.1. The summed E-state index contributed by atoms with van der Waals surface area (Å²) in [6, 6.07) is 5.26. The van der Waals surface area contributed by atoms with Gasteiger partial charge in [-0.1, -0.05) is 23.2 Å². The van der Waals surface area contributed by atoms with Crippen molar-refractivity contribution in [2.75, 3.05) is 19.8 Å². The molecule has 0 bridgehead atoms. The zero-order valence-electron chi connectivity index (χ0n) is 10.6. The molecule has 5 heteroatoms. The van der Waals surface area contributed by atoms with Gasteiger partial charge in [0, 0.05) is 29.2 Å². The zero-order chi connectivity index (χ0) is 13.5. The first-order valence-corrected chi connectivity index (χ1v) is 6.73. The summed E-state index contributed by atoms with van der Waals surface area (Å²) in [5, 5.41) is 14.3. The molecule has 0 spiro atoms. The van der Waals surface area contributed by atoms with Crippen molar-refractivity contribution < 1.29 is 9.84 Å². The topological polar surface area (TPSA) is 41.5 Å². The van der Waals surface area contributed by atoms with Gasteiger partial charge < -0.3 is 15.2 Å². The van der Waals surface area contributed by atoms with Crippen molar-refractivity contribution in [3.8, 4) is 0 Å². The predicted octanol–water partition coefficient (Wildman–Crippen LogP) is 3.04. The summed E-state index contributed by atoms with van der Waals surface area (Å²) in [4.78, 5) is 0. The molecule has 0 saturated carbocycles. The molecular weight excluding hydrogens is 273 g/mol. The van der Waals surface area contributed by atoms with Gasteiger partial charge >= 0.3 is 0 Å². The average molecular weight is 292 g/mol. The number of hydrogen-bond donors (Lipinski definition) is 2. The van der Waals surface area contributed by atoms with E-state index in [1.54, 1.807) is 18.2 Å². The molecule has 0 radical (unpaired) electrons. The van der Waals surface area contributed by atoms with Gasteiger partial charge in [0.2, 0.25) is 0 Å². The van der Waals surface area contributed by atoms with E-state index in [2.05, 4.69) is 5.32 Å². The number of ether oxygens (including phenoxy) is 1. The molecule has 2 N–H and O–H groups in total. The number of hydrogen-bond acceptors (Lipinski definition) is 3. The number of halogens is 2. The molecule has 0 heterocycles. The highest BCUT2D eigenvalue weighted by Gasteiger charge is 2.11. The summed E-state index contributed by atoms with van der Waals surface area (Å²) in [5.74, 6) is 0. The summed E-state index contributed by atoms with van der Waals surface area (Å²) in [6.45, 7) is 5.71. The van der Waals surface area contributed by atoms with Crippen LogP contribution in [-0.4, -0.2) is 30.9 Å². The zero-order valence-corrected chi connectivity index (χ0v) is 12.1. The van der Waals surface area contributed by atoms with E-state index >= 15 is 0 Å². The predicted molar refractivity (Wildman–Crippen MR) is 75.4 cm³/mol. The Balaban J connectivity index is 2.47. The van der Waals surface area contributed by atoms with Crippen molar-refractivity contribution in [1.29, 1.82) is 0 Å². The third-order valence-electron chi connectivity index (χ3n) is 2.50. The SMILES string of the molecule is CCOC[C@H](C)NC[C@@H](O)c1cc(Cl)cc(Cl)c1. The summed E-state index contributed by atoms with van der Waals surface area (Å²) in [5.41, 5.74) is 0.712. The van der Waals surface area contributed by atoms with Gasteiger partial charge in [0.05, 0.1) is 12.7 Å². The highest BCUT2D eigenvalue weighted by atomic mass is 35.5. The normalized spacial score (nSPS) is 14.5. The molecule has 3 nitrogen and oxygen atoms in total. The van der Waals surface area contributed by atoms with E-state index < -0.39 is 6.10 Å². The van der Waals surface area contributed by atoms with E-state index in [0.717, 1.165) is 0 Å². The Labute approximate surface area is 118 Å². The smallest absolute Gasteiger partial charge is 0.0915 e. The Morgan fingerprint density at radius 3 is 2.44 bits per heavy atom. The van der Waals surface area contributed by atoms with E-state index in [-0.39, 0.29) is 6.04 Å². The molecule has 0 saturated heterocycles. The quantitative estimate of drug-likeness (QED) is 0.811. The van der Waals surface area contributed by atoms with Gasteiger partial charge in [-0.2, -0.15) is 0 Å². The van der Waals surface area contributed by atoms with Crippen LogP contribution in [0.3, 0.4) is 0 Å². The van der Waals surface area contributed by atoms with E-state index in [1.165, 1.54) is 0 Å².